The zero-order valence-corrected chi connectivity index (χ0v) is 7.33. The summed E-state index contributed by atoms with van der Waals surface area (Å²) in [4.78, 5) is 0. The molecule has 56 valence electrons. The third kappa shape index (κ3) is 1.78. The molecule has 10 heavy (non-hydrogen) atoms. The molecule has 0 atom stereocenters. The van der Waals surface area contributed by atoms with E-state index in [0.29, 0.717) is 5.69 Å². The first-order chi connectivity index (χ1) is 4.50. The number of rotatable bonds is 0. The third-order valence-corrected chi connectivity index (χ3v) is 1.47. The molecule has 5 heteroatoms. The Bertz CT molecular complexity index is 227. The predicted molar refractivity (Wildman–Crippen MR) is 40.5 cm³/mol. The van der Waals surface area contributed by atoms with Gasteiger partial charge in [0.2, 0.25) is 0 Å². The molecule has 0 aromatic carbocycles. The lowest BCUT2D eigenvalue weighted by molar-refractivity contribution is 0.383. The zero-order valence-electron chi connectivity index (χ0n) is 5.07. The molecule has 2 nitrogen and oxygen atoms in total. The molecule has 1 rings (SSSR count). The van der Waals surface area contributed by atoms with Crippen LogP contribution >= 0.6 is 34.8 Å². The van der Waals surface area contributed by atoms with Crippen LogP contribution < -0.4 is 0 Å². The number of alkyl halides is 3. The van der Waals surface area contributed by atoms with Gasteiger partial charge in [-0.25, -0.2) is 0 Å². The Hall–Kier alpha value is 0.0800. The number of halogens is 3. The number of hydrogen-bond acceptors (Lipinski definition) is 2. The molecule has 1 aromatic heterocycles. The molecule has 0 aliphatic carbocycles. The largest absolute Gasteiger partial charge is 0.356 e. The molecule has 1 heterocycles. The molecule has 1 aromatic rings. The number of hydrogen-bond donors (Lipinski definition) is 0. The summed E-state index contributed by atoms with van der Waals surface area (Å²) in [7, 11) is 0. The fourth-order valence-electron chi connectivity index (χ4n) is 0.497. The van der Waals surface area contributed by atoms with Crippen LogP contribution in [0.25, 0.3) is 0 Å². The van der Waals surface area contributed by atoms with E-state index in [0.717, 1.165) is 0 Å². The Kier molecular flexibility index (Phi) is 2.13. The summed E-state index contributed by atoms with van der Waals surface area (Å²) in [6.45, 7) is 1.75. The SMILES string of the molecule is Cc1cc(C(Cl)(Cl)Cl)on1. The van der Waals surface area contributed by atoms with Crippen LogP contribution in [0.2, 0.25) is 0 Å². The average Bonchev–Trinajstić information content (AvgIpc) is 2.11. The first-order valence-corrected chi connectivity index (χ1v) is 3.64. The minimum absolute atomic E-state index is 0.245. The number of aromatic nitrogens is 1. The van der Waals surface area contributed by atoms with Crippen LogP contribution in [0.5, 0.6) is 0 Å². The lowest BCUT2D eigenvalue weighted by Crippen LogP contribution is -1.96. The molecule has 0 spiro atoms. The van der Waals surface area contributed by atoms with Crippen LogP contribution in [0.3, 0.4) is 0 Å². The van der Waals surface area contributed by atoms with Gasteiger partial charge in [0.25, 0.3) is 3.79 Å². The molecule has 0 N–H and O–H groups in total. The number of nitrogens with zero attached hydrogens (tertiary/aromatic N) is 1. The van der Waals surface area contributed by atoms with Crippen molar-refractivity contribution >= 4 is 34.8 Å². The summed E-state index contributed by atoms with van der Waals surface area (Å²) in [6.07, 6.45) is 0. The van der Waals surface area contributed by atoms with E-state index < -0.39 is 3.79 Å². The molecule has 0 bridgehead atoms. The highest BCUT2D eigenvalue weighted by Gasteiger charge is 2.27. The minimum Gasteiger partial charge on any atom is -0.356 e. The molecule has 0 aliphatic heterocycles. The standard InChI is InChI=1S/C5H4Cl3NO/c1-3-2-4(10-9-3)5(6,7)8/h2H,1H3. The van der Waals surface area contributed by atoms with Crippen molar-refractivity contribution < 1.29 is 4.52 Å². The van der Waals surface area contributed by atoms with Gasteiger partial charge in [0.05, 0.1) is 5.69 Å². The van der Waals surface area contributed by atoms with E-state index in [2.05, 4.69) is 9.68 Å². The zero-order chi connectivity index (χ0) is 7.78. The van der Waals surface area contributed by atoms with Gasteiger partial charge in [0.1, 0.15) is 0 Å². The van der Waals surface area contributed by atoms with Gasteiger partial charge in [-0.05, 0) is 6.92 Å². The van der Waals surface area contributed by atoms with Crippen LogP contribution in [0.15, 0.2) is 10.6 Å². The average molecular weight is 200 g/mol. The molecule has 0 unspecified atom stereocenters. The molecular formula is C5H4Cl3NO. The highest BCUT2D eigenvalue weighted by molar-refractivity contribution is 6.66. The second kappa shape index (κ2) is 2.61. The summed E-state index contributed by atoms with van der Waals surface area (Å²) in [5.41, 5.74) is 0.696. The van der Waals surface area contributed by atoms with Gasteiger partial charge in [0.15, 0.2) is 5.76 Å². The van der Waals surface area contributed by atoms with Crippen molar-refractivity contribution in [1.29, 1.82) is 0 Å². The lowest BCUT2D eigenvalue weighted by atomic mass is 10.4. The van der Waals surface area contributed by atoms with Gasteiger partial charge < -0.3 is 4.52 Å². The summed E-state index contributed by atoms with van der Waals surface area (Å²) in [6, 6.07) is 1.58. The summed E-state index contributed by atoms with van der Waals surface area (Å²) in [5, 5.41) is 3.55. The highest BCUT2D eigenvalue weighted by atomic mass is 35.6. The van der Waals surface area contributed by atoms with E-state index in [1.54, 1.807) is 13.0 Å². The predicted octanol–water partition coefficient (Wildman–Crippen LogP) is 2.81. The molecule has 0 aliphatic rings. The maximum absolute atomic E-state index is 5.47. The maximum Gasteiger partial charge on any atom is 0.250 e. The van der Waals surface area contributed by atoms with Crippen molar-refractivity contribution in [1.82, 2.24) is 5.16 Å². The van der Waals surface area contributed by atoms with Crippen molar-refractivity contribution in [3.8, 4) is 0 Å². The van der Waals surface area contributed by atoms with Crippen molar-refractivity contribution in [3.63, 3.8) is 0 Å². The Morgan fingerprint density at radius 2 is 2.10 bits per heavy atom. The van der Waals surface area contributed by atoms with Crippen molar-refractivity contribution in [2.45, 2.75) is 10.7 Å². The monoisotopic (exact) mass is 199 g/mol. The second-order valence-corrected chi connectivity index (χ2v) is 4.11. The van der Waals surface area contributed by atoms with Crippen LogP contribution in [-0.4, -0.2) is 5.16 Å². The van der Waals surface area contributed by atoms with E-state index in [-0.39, 0.29) is 5.76 Å². The fraction of sp³-hybridized carbons (Fsp3) is 0.400. The smallest absolute Gasteiger partial charge is 0.250 e. The van der Waals surface area contributed by atoms with E-state index in [4.69, 9.17) is 34.8 Å². The fourth-order valence-corrected chi connectivity index (χ4v) is 0.764. The lowest BCUT2D eigenvalue weighted by Gasteiger charge is -2.02. The molecule has 0 fully saturated rings. The highest BCUT2D eigenvalue weighted by Crippen LogP contribution is 2.38. The van der Waals surface area contributed by atoms with E-state index in [1.165, 1.54) is 0 Å². The van der Waals surface area contributed by atoms with Gasteiger partial charge in [-0.3, -0.25) is 0 Å². The second-order valence-electron chi connectivity index (χ2n) is 1.83. The van der Waals surface area contributed by atoms with Gasteiger partial charge in [0, 0.05) is 6.07 Å². The topological polar surface area (TPSA) is 26.0 Å². The first-order valence-electron chi connectivity index (χ1n) is 2.50. The van der Waals surface area contributed by atoms with Gasteiger partial charge >= 0.3 is 0 Å². The van der Waals surface area contributed by atoms with Crippen LogP contribution in [-0.2, 0) is 3.79 Å². The summed E-state index contributed by atoms with van der Waals surface area (Å²) < 4.78 is 3.18. The van der Waals surface area contributed by atoms with Gasteiger partial charge in [-0.1, -0.05) is 40.0 Å². The molecule has 0 amide bonds. The van der Waals surface area contributed by atoms with Gasteiger partial charge in [-0.15, -0.1) is 0 Å². The molecular weight excluding hydrogens is 196 g/mol. The third-order valence-electron chi connectivity index (χ3n) is 0.907. The Morgan fingerprint density at radius 3 is 2.30 bits per heavy atom. The normalized spacial score (nSPS) is 12.0. The Morgan fingerprint density at radius 1 is 1.50 bits per heavy atom. The first kappa shape index (κ1) is 8.18. The quantitative estimate of drug-likeness (QED) is 0.602. The minimum atomic E-state index is -1.50. The van der Waals surface area contributed by atoms with Crippen LogP contribution in [0.4, 0.5) is 0 Å². The molecule has 0 saturated carbocycles. The van der Waals surface area contributed by atoms with Crippen LogP contribution in [0.1, 0.15) is 11.5 Å². The maximum atomic E-state index is 5.47. The summed E-state index contributed by atoms with van der Waals surface area (Å²) >= 11 is 16.4. The van der Waals surface area contributed by atoms with E-state index in [1.807, 2.05) is 0 Å². The van der Waals surface area contributed by atoms with Gasteiger partial charge in [-0.2, -0.15) is 0 Å². The van der Waals surface area contributed by atoms with Crippen molar-refractivity contribution in [3.05, 3.63) is 17.5 Å². The molecule has 0 radical (unpaired) electrons. The van der Waals surface area contributed by atoms with Crippen LogP contribution in [0, 0.1) is 6.92 Å². The summed E-state index contributed by atoms with van der Waals surface area (Å²) in [5.74, 6) is 0.245. The Labute approximate surface area is 73.0 Å². The van der Waals surface area contributed by atoms with Crippen molar-refractivity contribution in [2.75, 3.05) is 0 Å². The van der Waals surface area contributed by atoms with Crippen molar-refractivity contribution in [2.24, 2.45) is 0 Å². The molecule has 0 saturated heterocycles. The van der Waals surface area contributed by atoms with E-state index >= 15 is 0 Å². The number of aryl methyl sites for hydroxylation is 1. The van der Waals surface area contributed by atoms with E-state index in [9.17, 15) is 0 Å². The Balaban J connectivity index is 2.96.